The average Bonchev–Trinajstić information content (AvgIpc) is 2.17. The van der Waals surface area contributed by atoms with Gasteiger partial charge < -0.3 is 31.0 Å². The maximum absolute atomic E-state index is 9.34. The largest absolute Gasteiger partial charge is 0.547 e. The Labute approximate surface area is 83.0 Å². The predicted octanol–water partition coefficient (Wildman–Crippen LogP) is -2.80. The fourth-order valence-electron chi connectivity index (χ4n) is 0.274. The van der Waals surface area contributed by atoms with Gasteiger partial charge in [0.2, 0.25) is 0 Å². The minimum absolute atomic E-state index is 0.153. The highest BCUT2D eigenvalue weighted by Crippen LogP contribution is 2.01. The third-order valence-corrected chi connectivity index (χ3v) is 1.68. The number of carbonyl (C=O) groups excluding carboxylic acids is 1. The van der Waals surface area contributed by atoms with Crippen LogP contribution in [0.4, 0.5) is 0 Å². The fraction of sp³-hybridized carbons (Fsp3) is 0.875. The summed E-state index contributed by atoms with van der Waals surface area (Å²) in [6.45, 7) is 2.65. The zero-order chi connectivity index (χ0) is 11.8. The number of nitrogens with two attached hydrogens (primary N) is 1. The molecule has 0 heterocycles. The molecule has 0 aromatic rings. The smallest absolute Gasteiger partial charge is 0.0905 e. The molecule has 86 valence electrons. The van der Waals surface area contributed by atoms with E-state index >= 15 is 0 Å². The summed E-state index contributed by atoms with van der Waals surface area (Å²) < 4.78 is 0. The van der Waals surface area contributed by atoms with Crippen molar-refractivity contribution in [2.75, 3.05) is 13.2 Å². The van der Waals surface area contributed by atoms with Crippen LogP contribution in [0, 0.1) is 0 Å². The Bertz CT molecular complexity index is 148. The lowest BCUT2D eigenvalue weighted by Crippen LogP contribution is -2.46. The monoisotopic (exact) mass is 208 g/mol. The fourth-order valence-corrected chi connectivity index (χ4v) is 0.274. The van der Waals surface area contributed by atoms with Gasteiger partial charge in [0.05, 0.1) is 30.8 Å². The van der Waals surface area contributed by atoms with Gasteiger partial charge in [0.1, 0.15) is 0 Å². The Kier molecular flexibility index (Phi) is 8.66. The second-order valence-corrected chi connectivity index (χ2v) is 3.03. The van der Waals surface area contributed by atoms with Gasteiger partial charge >= 0.3 is 0 Å². The van der Waals surface area contributed by atoms with Crippen LogP contribution in [0.1, 0.15) is 20.3 Å². The van der Waals surface area contributed by atoms with E-state index in [9.17, 15) is 9.90 Å². The van der Waals surface area contributed by atoms with E-state index in [0.29, 0.717) is 6.42 Å². The topological polar surface area (TPSA) is 127 Å². The molecule has 0 amide bonds. The molecule has 0 aliphatic rings. The number of rotatable bonds is 4. The number of aliphatic carboxylic acids is 1. The van der Waals surface area contributed by atoms with Crippen molar-refractivity contribution < 1.29 is 25.2 Å². The summed E-state index contributed by atoms with van der Waals surface area (Å²) in [5, 5.41) is 34.3. The van der Waals surface area contributed by atoms with Gasteiger partial charge in [-0.3, -0.25) is 0 Å². The highest BCUT2D eigenvalue weighted by atomic mass is 16.4. The normalized spacial score (nSPS) is 12.7. The maximum Gasteiger partial charge on any atom is 0.0905 e. The Hall–Kier alpha value is -0.690. The molecule has 0 radical (unpaired) electrons. The summed E-state index contributed by atoms with van der Waals surface area (Å²) in [5.74, 6) is -1.44. The maximum atomic E-state index is 9.34. The Morgan fingerprint density at radius 2 is 1.79 bits per heavy atom. The average molecular weight is 208 g/mol. The first-order chi connectivity index (χ1) is 6.32. The van der Waals surface area contributed by atoms with Gasteiger partial charge in [-0.1, -0.05) is 6.92 Å². The van der Waals surface area contributed by atoms with Crippen molar-refractivity contribution in [1.82, 2.24) is 0 Å². The second-order valence-electron chi connectivity index (χ2n) is 3.03. The Balaban J connectivity index is 0. The molecule has 0 saturated heterocycles. The summed E-state index contributed by atoms with van der Waals surface area (Å²) in [7, 11) is 0. The quantitative estimate of drug-likeness (QED) is 0.395. The van der Waals surface area contributed by atoms with Crippen LogP contribution in [0.3, 0.4) is 0 Å². The van der Waals surface area contributed by atoms with Crippen molar-refractivity contribution in [3.63, 3.8) is 0 Å². The van der Waals surface area contributed by atoms with Gasteiger partial charge in [0.25, 0.3) is 0 Å². The van der Waals surface area contributed by atoms with Crippen LogP contribution in [0.25, 0.3) is 0 Å². The second kappa shape index (κ2) is 7.69. The van der Waals surface area contributed by atoms with Gasteiger partial charge in [0, 0.05) is 0 Å². The number of carbonyl (C=O) groups is 1. The lowest BCUT2D eigenvalue weighted by Gasteiger charge is -2.21. The van der Waals surface area contributed by atoms with E-state index in [1.807, 2.05) is 6.92 Å². The number of aliphatic hydroxyl groups excluding tert-OH is 3. The van der Waals surface area contributed by atoms with E-state index in [0.717, 1.165) is 6.92 Å². The number of hydrogen-bond acceptors (Lipinski definition) is 6. The summed E-state index contributed by atoms with van der Waals surface area (Å²) in [6, 6.07) is 0. The van der Waals surface area contributed by atoms with E-state index in [1.54, 1.807) is 0 Å². The first-order valence-electron chi connectivity index (χ1n) is 4.22. The molecule has 6 nitrogen and oxygen atoms in total. The minimum atomic E-state index is -1.44. The highest BCUT2D eigenvalue weighted by Gasteiger charge is 2.19. The van der Waals surface area contributed by atoms with Crippen molar-refractivity contribution in [2.45, 2.75) is 31.9 Å². The molecule has 0 saturated carbocycles. The van der Waals surface area contributed by atoms with Gasteiger partial charge in [-0.15, -0.1) is 0 Å². The Morgan fingerprint density at radius 3 is 1.79 bits per heavy atom. The molecule has 0 aromatic heterocycles. The third-order valence-electron chi connectivity index (χ3n) is 1.68. The zero-order valence-electron chi connectivity index (χ0n) is 8.43. The van der Waals surface area contributed by atoms with Crippen molar-refractivity contribution in [3.05, 3.63) is 0 Å². The van der Waals surface area contributed by atoms with Crippen LogP contribution in [0.5, 0.6) is 0 Å². The number of carboxylic acid groups (broad SMARTS) is 1. The first-order valence-corrected chi connectivity index (χ1v) is 4.22. The lowest BCUT2D eigenvalue weighted by molar-refractivity contribution is -0.314. The molecule has 1 unspecified atom stereocenters. The summed E-state index contributed by atoms with van der Waals surface area (Å²) in [4.78, 5) is 9.34. The molecular formula is C8H18NO5-. The lowest BCUT2D eigenvalue weighted by atomic mass is 10.0. The number of carboxylic acids is 1. The van der Waals surface area contributed by atoms with Crippen molar-refractivity contribution in [2.24, 2.45) is 5.73 Å². The van der Waals surface area contributed by atoms with Crippen LogP contribution in [-0.2, 0) is 4.79 Å². The summed E-state index contributed by atoms with van der Waals surface area (Å²) in [6.07, 6.45) is -0.745. The summed E-state index contributed by atoms with van der Waals surface area (Å²) >= 11 is 0. The van der Waals surface area contributed by atoms with Crippen molar-refractivity contribution in [3.8, 4) is 0 Å². The van der Waals surface area contributed by atoms with Crippen molar-refractivity contribution >= 4 is 5.97 Å². The SMILES string of the molecule is CC(O)C(=O)[O-].CCC(N)(CO)CO. The van der Waals surface area contributed by atoms with Crippen LogP contribution in [-0.4, -0.2) is 46.1 Å². The molecule has 0 bridgehead atoms. The molecule has 0 aliphatic carbocycles. The summed E-state index contributed by atoms with van der Waals surface area (Å²) in [5.41, 5.74) is 4.63. The van der Waals surface area contributed by atoms with E-state index < -0.39 is 17.6 Å². The molecule has 0 aliphatic heterocycles. The third kappa shape index (κ3) is 7.93. The molecule has 1 atom stereocenters. The van der Waals surface area contributed by atoms with Gasteiger partial charge in [-0.05, 0) is 13.3 Å². The van der Waals surface area contributed by atoms with E-state index in [4.69, 9.17) is 21.1 Å². The van der Waals surface area contributed by atoms with Crippen LogP contribution in [0.2, 0.25) is 0 Å². The Morgan fingerprint density at radius 1 is 1.50 bits per heavy atom. The number of aliphatic hydroxyl groups is 3. The van der Waals surface area contributed by atoms with Gasteiger partial charge in [0.15, 0.2) is 0 Å². The molecule has 6 heteroatoms. The van der Waals surface area contributed by atoms with Gasteiger partial charge in [-0.2, -0.15) is 0 Å². The highest BCUT2D eigenvalue weighted by molar-refractivity contribution is 5.68. The molecule has 14 heavy (non-hydrogen) atoms. The number of hydrogen-bond donors (Lipinski definition) is 4. The molecule has 5 N–H and O–H groups in total. The standard InChI is InChI=1S/C5H13NO2.C3H6O3/c1-2-5(6,3-7)4-8;1-2(4)3(5)6/h7-8H,2-4,6H2,1H3;2,4H,1H3,(H,5,6)/p-1. The van der Waals surface area contributed by atoms with Crippen LogP contribution >= 0.6 is 0 Å². The molecule has 0 rings (SSSR count). The molecule has 0 aromatic carbocycles. The molecule has 0 spiro atoms. The minimum Gasteiger partial charge on any atom is -0.547 e. The van der Waals surface area contributed by atoms with E-state index in [1.165, 1.54) is 0 Å². The van der Waals surface area contributed by atoms with E-state index in [2.05, 4.69) is 0 Å². The first kappa shape index (κ1) is 15.8. The van der Waals surface area contributed by atoms with Crippen LogP contribution < -0.4 is 10.8 Å². The molecular weight excluding hydrogens is 190 g/mol. The van der Waals surface area contributed by atoms with E-state index in [-0.39, 0.29) is 13.2 Å². The van der Waals surface area contributed by atoms with Crippen LogP contribution in [0.15, 0.2) is 0 Å². The van der Waals surface area contributed by atoms with Crippen molar-refractivity contribution in [1.29, 1.82) is 0 Å². The van der Waals surface area contributed by atoms with Gasteiger partial charge in [-0.25, -0.2) is 0 Å². The predicted molar refractivity (Wildman–Crippen MR) is 48.1 cm³/mol. The molecule has 0 fully saturated rings. The zero-order valence-corrected chi connectivity index (χ0v) is 8.43.